The third kappa shape index (κ3) is 6.24. The van der Waals surface area contributed by atoms with E-state index >= 15 is 0 Å². The molecule has 1 aliphatic carbocycles. The van der Waals surface area contributed by atoms with Crippen LogP contribution in [0.15, 0.2) is 53.8 Å². The molecule has 3 aliphatic rings. The standard InChI is InChI=1S/C31H42N8O2/c1-4-32-28-19-27-26(20-33-28)31(23-7-5-22(6-8-23)21-38-17-15-36(2)16-18-38)35-39(27)24-9-11-25(12-10-24)41-29-13-14-30(40)37(3)34-29/h5-8,13-14,19-20,24-25,30,40H,4,9-12,15-18,21H2,1-3H3,(H,32,33). The van der Waals surface area contributed by atoms with Crippen LogP contribution in [0.25, 0.3) is 22.2 Å². The lowest BCUT2D eigenvalue weighted by atomic mass is 9.93. The smallest absolute Gasteiger partial charge is 0.230 e. The van der Waals surface area contributed by atoms with Crippen molar-refractivity contribution in [3.8, 4) is 11.3 Å². The molecular weight excluding hydrogens is 516 g/mol. The second kappa shape index (κ2) is 12.2. The fourth-order valence-electron chi connectivity index (χ4n) is 6.02. The molecule has 2 aromatic heterocycles. The van der Waals surface area contributed by atoms with E-state index in [0.29, 0.717) is 5.90 Å². The summed E-state index contributed by atoms with van der Waals surface area (Å²) in [7, 11) is 3.94. The van der Waals surface area contributed by atoms with Gasteiger partial charge < -0.3 is 20.1 Å². The first-order valence-electron chi connectivity index (χ1n) is 14.9. The first-order valence-corrected chi connectivity index (χ1v) is 14.9. The van der Waals surface area contributed by atoms with Crippen molar-refractivity contribution in [3.05, 3.63) is 54.2 Å². The molecule has 2 N–H and O–H groups in total. The van der Waals surface area contributed by atoms with Gasteiger partial charge in [-0.2, -0.15) is 5.10 Å². The number of hydrogen-bond acceptors (Lipinski definition) is 9. The molecule has 0 amide bonds. The van der Waals surface area contributed by atoms with E-state index < -0.39 is 6.23 Å². The number of nitrogens with zero attached hydrogens (tertiary/aromatic N) is 7. The molecule has 1 unspecified atom stereocenters. The quantitative estimate of drug-likeness (QED) is 0.451. The number of rotatable bonds is 7. The lowest BCUT2D eigenvalue weighted by molar-refractivity contribution is 0.0532. The van der Waals surface area contributed by atoms with E-state index in [1.165, 1.54) is 10.6 Å². The van der Waals surface area contributed by atoms with Gasteiger partial charge in [-0.25, -0.2) is 4.98 Å². The van der Waals surface area contributed by atoms with Crippen LogP contribution in [0.3, 0.4) is 0 Å². The van der Waals surface area contributed by atoms with E-state index in [-0.39, 0.29) is 12.1 Å². The van der Waals surface area contributed by atoms with Gasteiger partial charge in [0.05, 0.1) is 11.6 Å². The van der Waals surface area contributed by atoms with Crippen LogP contribution in [0.1, 0.15) is 44.2 Å². The van der Waals surface area contributed by atoms with Gasteiger partial charge in [-0.3, -0.25) is 14.6 Å². The van der Waals surface area contributed by atoms with Crippen LogP contribution < -0.4 is 5.32 Å². The van der Waals surface area contributed by atoms with Gasteiger partial charge in [-0.15, -0.1) is 5.10 Å². The topological polar surface area (TPSA) is 94.3 Å². The molecule has 0 bridgehead atoms. The van der Waals surface area contributed by atoms with E-state index in [9.17, 15) is 5.11 Å². The Morgan fingerprint density at radius 3 is 2.49 bits per heavy atom. The molecule has 218 valence electrons. The van der Waals surface area contributed by atoms with Gasteiger partial charge in [0.1, 0.15) is 17.6 Å². The number of piperazine rings is 1. The van der Waals surface area contributed by atoms with Gasteiger partial charge in [-0.1, -0.05) is 24.3 Å². The summed E-state index contributed by atoms with van der Waals surface area (Å²) in [6.45, 7) is 8.39. The van der Waals surface area contributed by atoms with Crippen molar-refractivity contribution in [3.63, 3.8) is 0 Å². The minimum Gasteiger partial charge on any atom is -0.473 e. The number of ether oxygens (including phenoxy) is 1. The minimum absolute atomic E-state index is 0.103. The molecule has 1 saturated carbocycles. The number of benzene rings is 1. The molecule has 2 aliphatic heterocycles. The first kappa shape index (κ1) is 27.7. The minimum atomic E-state index is -0.699. The van der Waals surface area contributed by atoms with E-state index in [2.05, 4.69) is 69.2 Å². The van der Waals surface area contributed by atoms with Crippen LogP contribution in [0, 0.1) is 0 Å². The molecule has 10 nitrogen and oxygen atoms in total. The highest BCUT2D eigenvalue weighted by atomic mass is 16.5. The van der Waals surface area contributed by atoms with Crippen molar-refractivity contribution in [2.24, 2.45) is 5.10 Å². The molecular formula is C31H42N8O2. The Kier molecular flexibility index (Phi) is 8.23. The van der Waals surface area contributed by atoms with Crippen molar-refractivity contribution >= 4 is 22.6 Å². The van der Waals surface area contributed by atoms with Crippen LogP contribution in [-0.2, 0) is 11.3 Å². The van der Waals surface area contributed by atoms with Gasteiger partial charge in [0.2, 0.25) is 5.90 Å². The number of nitrogens with one attached hydrogen (secondary N) is 1. The van der Waals surface area contributed by atoms with Crippen LogP contribution >= 0.6 is 0 Å². The summed E-state index contributed by atoms with van der Waals surface area (Å²) in [5.74, 6) is 1.44. The third-order valence-electron chi connectivity index (χ3n) is 8.51. The summed E-state index contributed by atoms with van der Waals surface area (Å²) in [5.41, 5.74) is 4.57. The Balaban J connectivity index is 1.20. The molecule has 3 aromatic rings. The fraction of sp³-hybridized carbons (Fsp3) is 0.516. The Morgan fingerprint density at radius 2 is 1.78 bits per heavy atom. The van der Waals surface area contributed by atoms with Crippen LogP contribution in [0.4, 0.5) is 5.82 Å². The van der Waals surface area contributed by atoms with Crippen LogP contribution in [0.2, 0.25) is 0 Å². The average Bonchev–Trinajstić information content (AvgIpc) is 3.36. The Labute approximate surface area is 242 Å². The maximum Gasteiger partial charge on any atom is 0.230 e. The number of hydrogen-bond donors (Lipinski definition) is 2. The monoisotopic (exact) mass is 558 g/mol. The lowest BCUT2D eigenvalue weighted by Crippen LogP contribution is -2.43. The van der Waals surface area contributed by atoms with Crippen molar-refractivity contribution in [1.29, 1.82) is 0 Å². The second-order valence-corrected chi connectivity index (χ2v) is 11.5. The van der Waals surface area contributed by atoms with Gasteiger partial charge in [0.15, 0.2) is 6.23 Å². The molecule has 6 rings (SSSR count). The lowest BCUT2D eigenvalue weighted by Gasteiger charge is -2.32. The first-order chi connectivity index (χ1) is 20.0. The van der Waals surface area contributed by atoms with E-state index in [1.807, 2.05) is 6.20 Å². The number of hydrazone groups is 1. The Bertz CT molecular complexity index is 1390. The van der Waals surface area contributed by atoms with Crippen LogP contribution in [-0.4, -0.2) is 99.7 Å². The third-order valence-corrected chi connectivity index (χ3v) is 8.51. The summed E-state index contributed by atoms with van der Waals surface area (Å²) in [6, 6.07) is 11.4. The summed E-state index contributed by atoms with van der Waals surface area (Å²) < 4.78 is 8.40. The SMILES string of the molecule is CCNc1cc2c(cn1)c(-c1ccc(CN3CCN(C)CC3)cc1)nn2C1CCC(OC2=NN(C)C(O)C=C2)CC1. The number of likely N-dealkylation sites (N-methyl/N-ethyl adjacent to an activating group) is 2. The van der Waals surface area contributed by atoms with Gasteiger partial charge in [-0.05, 0) is 51.3 Å². The van der Waals surface area contributed by atoms with E-state index in [0.717, 1.165) is 92.9 Å². The van der Waals surface area contributed by atoms with Gasteiger partial charge >= 0.3 is 0 Å². The molecule has 1 aromatic carbocycles. The summed E-state index contributed by atoms with van der Waals surface area (Å²) in [6.07, 6.45) is 8.62. The summed E-state index contributed by atoms with van der Waals surface area (Å²) in [5, 5.41) is 25.3. The molecule has 2 fully saturated rings. The zero-order valence-electron chi connectivity index (χ0n) is 24.4. The number of fused-ring (bicyclic) bond motifs is 1. The zero-order valence-corrected chi connectivity index (χ0v) is 24.4. The Hall–Kier alpha value is -3.47. The summed E-state index contributed by atoms with van der Waals surface area (Å²) in [4.78, 5) is 9.62. The number of aromatic nitrogens is 3. The molecule has 1 saturated heterocycles. The molecule has 0 spiro atoms. The van der Waals surface area contributed by atoms with E-state index in [1.54, 1.807) is 19.2 Å². The Morgan fingerprint density at radius 1 is 1.02 bits per heavy atom. The molecule has 41 heavy (non-hydrogen) atoms. The number of pyridine rings is 1. The van der Waals surface area contributed by atoms with Crippen LogP contribution in [0.5, 0.6) is 0 Å². The average molecular weight is 559 g/mol. The van der Waals surface area contributed by atoms with E-state index in [4.69, 9.17) is 14.8 Å². The molecule has 1 atom stereocenters. The highest BCUT2D eigenvalue weighted by Gasteiger charge is 2.28. The number of aliphatic hydroxyl groups is 1. The largest absolute Gasteiger partial charge is 0.473 e. The molecule has 0 radical (unpaired) electrons. The zero-order chi connectivity index (χ0) is 28.3. The number of aliphatic hydroxyl groups excluding tert-OH is 1. The predicted octanol–water partition coefficient (Wildman–Crippen LogP) is 3.91. The van der Waals surface area contributed by atoms with Crippen molar-refractivity contribution < 1.29 is 9.84 Å². The maximum atomic E-state index is 9.83. The summed E-state index contributed by atoms with van der Waals surface area (Å²) >= 11 is 0. The van der Waals surface area contributed by atoms with Gasteiger partial charge in [0.25, 0.3) is 0 Å². The van der Waals surface area contributed by atoms with Crippen molar-refractivity contribution in [1.82, 2.24) is 29.6 Å². The predicted molar refractivity (Wildman–Crippen MR) is 163 cm³/mol. The highest BCUT2D eigenvalue weighted by Crippen LogP contribution is 2.36. The fourth-order valence-corrected chi connectivity index (χ4v) is 6.02. The van der Waals surface area contributed by atoms with Gasteiger partial charge in [0, 0.05) is 75.6 Å². The van der Waals surface area contributed by atoms with Crippen molar-refractivity contribution in [2.45, 2.75) is 57.5 Å². The highest BCUT2D eigenvalue weighted by molar-refractivity contribution is 5.94. The second-order valence-electron chi connectivity index (χ2n) is 11.5. The molecule has 10 heteroatoms. The normalized spacial score (nSPS) is 24.0. The molecule has 4 heterocycles. The number of anilines is 1. The van der Waals surface area contributed by atoms with Crippen molar-refractivity contribution in [2.75, 3.05) is 52.1 Å². The maximum absolute atomic E-state index is 9.83.